The van der Waals surface area contributed by atoms with Crippen molar-refractivity contribution in [2.75, 3.05) is 10.6 Å². The van der Waals surface area contributed by atoms with Crippen LogP contribution < -0.4 is 21.6 Å². The van der Waals surface area contributed by atoms with Crippen molar-refractivity contribution in [3.8, 4) is 12.1 Å². The van der Waals surface area contributed by atoms with Gasteiger partial charge in [-0.15, -0.1) is 5.53 Å². The molecule has 2 fully saturated rings. The zero-order valence-corrected chi connectivity index (χ0v) is 23.7. The summed E-state index contributed by atoms with van der Waals surface area (Å²) in [5.74, 6) is -0.401. The lowest BCUT2D eigenvalue weighted by Gasteiger charge is -2.24. The van der Waals surface area contributed by atoms with Crippen LogP contribution in [-0.2, 0) is 0 Å². The van der Waals surface area contributed by atoms with E-state index in [0.29, 0.717) is 50.2 Å². The van der Waals surface area contributed by atoms with E-state index in [-0.39, 0.29) is 17.9 Å². The number of hydrazine groups is 2. The fourth-order valence-electron chi connectivity index (χ4n) is 5.62. The minimum absolute atomic E-state index is 0.0793. The summed E-state index contributed by atoms with van der Waals surface area (Å²) >= 11 is 6.81. The molecule has 3 aromatic carbocycles. The lowest BCUT2D eigenvalue weighted by molar-refractivity contribution is 0.260. The van der Waals surface area contributed by atoms with Crippen LogP contribution in [0.25, 0.3) is 10.9 Å². The van der Waals surface area contributed by atoms with E-state index in [2.05, 4.69) is 38.7 Å². The Morgan fingerprint density at radius 2 is 1.86 bits per heavy atom. The Bertz CT molecular complexity index is 1850. The minimum Gasteiger partial charge on any atom is -0.376 e. The summed E-state index contributed by atoms with van der Waals surface area (Å²) in [5.41, 5.74) is 10.2. The second-order valence-electron chi connectivity index (χ2n) is 11.1. The van der Waals surface area contributed by atoms with E-state index in [1.54, 1.807) is 18.2 Å². The van der Waals surface area contributed by atoms with Gasteiger partial charge in [0.2, 0.25) is 0 Å². The molecule has 0 spiro atoms. The Balaban J connectivity index is 1.32. The molecule has 1 aliphatic heterocycles. The number of nitriles is 2. The van der Waals surface area contributed by atoms with Crippen LogP contribution in [0.1, 0.15) is 49.4 Å². The van der Waals surface area contributed by atoms with E-state index in [9.17, 15) is 16.3 Å². The number of aromatic nitrogens is 1. The van der Waals surface area contributed by atoms with E-state index in [0.717, 1.165) is 24.8 Å². The van der Waals surface area contributed by atoms with Gasteiger partial charge in [-0.1, -0.05) is 54.1 Å². The quantitative estimate of drug-likeness (QED) is 0.170. The number of rotatable bonds is 9. The number of nitrogens with zero attached hydrogens (tertiary/aromatic N) is 4. The van der Waals surface area contributed by atoms with Gasteiger partial charge in [0.25, 0.3) is 0 Å². The third-order valence-corrected chi connectivity index (χ3v) is 8.43. The van der Waals surface area contributed by atoms with Crippen molar-refractivity contribution in [1.82, 2.24) is 21.0 Å². The van der Waals surface area contributed by atoms with Crippen molar-refractivity contribution >= 4 is 33.9 Å². The summed E-state index contributed by atoms with van der Waals surface area (Å²) in [7, 11) is 0. The third-order valence-electron chi connectivity index (χ3n) is 8.14. The number of anilines is 2. The molecule has 2 unspecified atom stereocenters. The van der Waals surface area contributed by atoms with Gasteiger partial charge in [-0.05, 0) is 54.7 Å². The molecule has 43 heavy (non-hydrogen) atoms. The lowest BCUT2D eigenvalue weighted by Crippen LogP contribution is -2.38. The van der Waals surface area contributed by atoms with Crippen molar-refractivity contribution in [2.45, 2.75) is 37.4 Å². The molecular weight excluding hydrogens is 563 g/mol. The molecule has 0 radical (unpaired) electrons. The highest BCUT2D eigenvalue weighted by molar-refractivity contribution is 6.35. The Morgan fingerprint density at radius 1 is 1.07 bits per heavy atom. The Morgan fingerprint density at radius 3 is 2.56 bits per heavy atom. The van der Waals surface area contributed by atoms with Crippen molar-refractivity contribution in [2.24, 2.45) is 11.8 Å². The highest BCUT2D eigenvalue weighted by atomic mass is 35.5. The summed E-state index contributed by atoms with van der Waals surface area (Å²) in [6.07, 6.45) is 6.22. The monoisotopic (exact) mass is 591 g/mol. The Labute approximate surface area is 255 Å². The molecule has 4 atom stereocenters. The predicted octanol–water partition coefficient (Wildman–Crippen LogP) is 6.69. The zero-order valence-electron chi connectivity index (χ0n) is 24.0. The molecule has 4 N–H and O–H groups in total. The largest absolute Gasteiger partial charge is 0.376 e. The SMILES string of the molecule is [2H]C(Nc1cc(Cl)c2ncc(C#N)c(NC(c3ccccc3)[C@@H]3C[C@H]3C#N)c2c1)(C1=CN(C2CC2)NN1)c1ccc(F)cc1. The van der Waals surface area contributed by atoms with Gasteiger partial charge < -0.3 is 16.1 Å². The van der Waals surface area contributed by atoms with Crippen molar-refractivity contribution in [3.63, 3.8) is 0 Å². The Hall–Kier alpha value is -4.83. The number of fused-ring (bicyclic) bond motifs is 1. The number of hydrogen-bond acceptors (Lipinski definition) is 8. The van der Waals surface area contributed by atoms with Crippen molar-refractivity contribution in [3.05, 3.63) is 112 Å². The topological polar surface area (TPSA) is 112 Å². The molecule has 8 nitrogen and oxygen atoms in total. The summed E-state index contributed by atoms with van der Waals surface area (Å²) in [5, 5.41) is 29.5. The van der Waals surface area contributed by atoms with Gasteiger partial charge in [-0.2, -0.15) is 10.5 Å². The summed E-state index contributed by atoms with van der Waals surface area (Å²) in [6, 6.07) is 22.4. The molecule has 3 aliphatic rings. The van der Waals surface area contributed by atoms with Crippen LogP contribution in [0.2, 0.25) is 5.02 Å². The fraction of sp³-hybridized carbons (Fsp3) is 0.242. The fourth-order valence-corrected chi connectivity index (χ4v) is 5.89. The second kappa shape index (κ2) is 11.1. The molecular formula is C33H28ClFN8. The van der Waals surface area contributed by atoms with Crippen LogP contribution in [0.5, 0.6) is 0 Å². The maximum Gasteiger partial charge on any atom is 0.123 e. The van der Waals surface area contributed by atoms with E-state index in [4.69, 9.17) is 11.6 Å². The normalized spacial score (nSPS) is 21.4. The van der Waals surface area contributed by atoms with Gasteiger partial charge in [-0.25, -0.2) is 4.39 Å². The summed E-state index contributed by atoms with van der Waals surface area (Å²) in [4.78, 5) is 4.50. The van der Waals surface area contributed by atoms with Gasteiger partial charge in [0.15, 0.2) is 0 Å². The zero-order chi connectivity index (χ0) is 30.4. The Kier molecular flexibility index (Phi) is 6.68. The minimum atomic E-state index is -1.56. The number of halogens is 2. The standard InChI is InChI=1S/C33H28ClFN8/c34-28-14-24(39-32(20-6-8-23(35)9-7-20)29-18-43(42-41-29)25-10-11-25)13-27-31(22(16-37)17-38-33(27)28)40-30(26-12-21(26)15-36)19-4-2-1-3-5-19/h1-9,13-14,17-18,21,25-26,30,32,39,41-42H,10-12H2,(H,38,40)/t21-,26+,30?,32?/m0/s1/i32D. The van der Waals surface area contributed by atoms with Crippen LogP contribution in [0.3, 0.4) is 0 Å². The second-order valence-corrected chi connectivity index (χ2v) is 11.5. The molecule has 7 rings (SSSR count). The van der Waals surface area contributed by atoms with Crippen molar-refractivity contribution in [1.29, 1.82) is 10.5 Å². The molecule has 2 aliphatic carbocycles. The van der Waals surface area contributed by atoms with Gasteiger partial charge in [0, 0.05) is 35.4 Å². The molecule has 2 saturated carbocycles. The van der Waals surface area contributed by atoms with Gasteiger partial charge in [-0.3, -0.25) is 9.99 Å². The van der Waals surface area contributed by atoms with Crippen LogP contribution in [-0.4, -0.2) is 16.0 Å². The van der Waals surface area contributed by atoms with Gasteiger partial charge >= 0.3 is 0 Å². The van der Waals surface area contributed by atoms with E-state index >= 15 is 0 Å². The maximum absolute atomic E-state index is 13.9. The predicted molar refractivity (Wildman–Crippen MR) is 163 cm³/mol. The molecule has 1 aromatic heterocycles. The van der Waals surface area contributed by atoms with Crippen molar-refractivity contribution < 1.29 is 5.76 Å². The summed E-state index contributed by atoms with van der Waals surface area (Å²) < 4.78 is 23.6. The highest BCUT2D eigenvalue weighted by Gasteiger charge is 2.44. The highest BCUT2D eigenvalue weighted by Crippen LogP contribution is 2.49. The van der Waals surface area contributed by atoms with E-state index < -0.39 is 11.8 Å². The molecule has 4 aromatic rings. The first kappa shape index (κ1) is 25.8. The summed E-state index contributed by atoms with van der Waals surface area (Å²) in [6.45, 7) is 0. The number of hydrogen-bond donors (Lipinski definition) is 4. The lowest BCUT2D eigenvalue weighted by atomic mass is 9.99. The van der Waals surface area contributed by atoms with E-state index in [1.807, 2.05) is 47.6 Å². The first-order valence-electron chi connectivity index (χ1n) is 14.7. The molecule has 10 heteroatoms. The van der Waals surface area contributed by atoms with Crippen LogP contribution in [0, 0.1) is 40.3 Å². The number of benzene rings is 3. The molecule has 2 heterocycles. The average Bonchev–Trinajstić information content (AvgIpc) is 3.98. The van der Waals surface area contributed by atoms with Crippen LogP contribution in [0.4, 0.5) is 15.8 Å². The molecule has 214 valence electrons. The van der Waals surface area contributed by atoms with Gasteiger partial charge in [0.05, 0.1) is 52.9 Å². The van der Waals surface area contributed by atoms with E-state index in [1.165, 1.54) is 18.3 Å². The molecule has 0 amide bonds. The molecule has 0 saturated heterocycles. The third kappa shape index (κ3) is 5.41. The maximum atomic E-state index is 13.9. The van der Waals surface area contributed by atoms with Crippen LogP contribution in [0.15, 0.2) is 84.8 Å². The smallest absolute Gasteiger partial charge is 0.123 e. The first-order valence-corrected chi connectivity index (χ1v) is 14.6. The number of nitrogens with one attached hydrogen (secondary N) is 4. The average molecular weight is 592 g/mol. The van der Waals surface area contributed by atoms with Gasteiger partial charge in [0.1, 0.15) is 11.9 Å². The van der Waals surface area contributed by atoms with Crippen LogP contribution >= 0.6 is 11.6 Å². The number of pyridine rings is 1. The molecule has 0 bridgehead atoms. The first-order chi connectivity index (χ1) is 21.4.